The molecule has 0 aliphatic carbocycles. The second kappa shape index (κ2) is 9.57. The van der Waals surface area contributed by atoms with Crippen LogP contribution in [0.4, 0.5) is 5.69 Å². The molecule has 1 aliphatic heterocycles. The number of piperidine rings is 1. The topological polar surface area (TPSA) is 48.7 Å². The molecule has 0 bridgehead atoms. The highest BCUT2D eigenvalue weighted by molar-refractivity contribution is 6.00. The van der Waals surface area contributed by atoms with Crippen LogP contribution in [-0.2, 0) is 0 Å². The van der Waals surface area contributed by atoms with Gasteiger partial charge in [-0.2, -0.15) is 0 Å². The molecule has 1 aromatic heterocycles. The lowest BCUT2D eigenvalue weighted by molar-refractivity contribution is 0.317. The van der Waals surface area contributed by atoms with Crippen LogP contribution in [0.15, 0.2) is 78.2 Å². The van der Waals surface area contributed by atoms with E-state index in [-0.39, 0.29) is 5.92 Å². The van der Waals surface area contributed by atoms with Crippen molar-refractivity contribution in [2.75, 3.05) is 18.0 Å². The molecule has 3 aromatic rings. The second-order valence-corrected chi connectivity index (χ2v) is 8.04. The Labute approximate surface area is 178 Å². The average Bonchev–Trinajstić information content (AvgIpc) is 2.82. The Hall–Kier alpha value is -3.14. The van der Waals surface area contributed by atoms with Gasteiger partial charge in [-0.05, 0) is 67.1 Å². The van der Waals surface area contributed by atoms with Crippen LogP contribution in [0.25, 0.3) is 0 Å². The minimum atomic E-state index is 0.112. The summed E-state index contributed by atoms with van der Waals surface area (Å²) in [7, 11) is 0. The predicted molar refractivity (Wildman–Crippen MR) is 123 cm³/mol. The zero-order valence-corrected chi connectivity index (χ0v) is 17.5. The lowest BCUT2D eigenvalue weighted by Crippen LogP contribution is -2.29. The molecule has 0 amide bonds. The maximum absolute atomic E-state index is 9.77. The molecule has 0 spiro atoms. The molecule has 30 heavy (non-hydrogen) atoms. The van der Waals surface area contributed by atoms with Crippen molar-refractivity contribution in [2.45, 2.75) is 38.5 Å². The van der Waals surface area contributed by atoms with E-state index < -0.39 is 0 Å². The normalized spacial score (nSPS) is 15.8. The fourth-order valence-corrected chi connectivity index (χ4v) is 4.41. The standard InChI is InChI=1S/C26H29N3O/c1-20-7-3-4-8-24(20)25(19-26(28-30)22-13-15-27-16-14-22)21-9-11-23(12-10-21)29-17-5-2-6-18-29/h3-4,7-16,25,30H,2,5-6,17-19H2,1H3. The summed E-state index contributed by atoms with van der Waals surface area (Å²) in [6, 6.07) is 21.2. The zero-order chi connectivity index (χ0) is 20.8. The van der Waals surface area contributed by atoms with Crippen LogP contribution in [0.5, 0.6) is 0 Å². The van der Waals surface area contributed by atoms with E-state index in [1.807, 2.05) is 12.1 Å². The van der Waals surface area contributed by atoms with Gasteiger partial charge in [0, 0.05) is 49.1 Å². The number of rotatable bonds is 6. The number of hydrogen-bond donors (Lipinski definition) is 1. The third-order valence-electron chi connectivity index (χ3n) is 6.11. The third-order valence-corrected chi connectivity index (χ3v) is 6.11. The average molecular weight is 400 g/mol. The molecule has 0 radical (unpaired) electrons. The van der Waals surface area contributed by atoms with Gasteiger partial charge in [-0.3, -0.25) is 4.98 Å². The van der Waals surface area contributed by atoms with Gasteiger partial charge in [0.25, 0.3) is 0 Å². The fraction of sp³-hybridized carbons (Fsp3) is 0.308. The van der Waals surface area contributed by atoms with E-state index in [1.165, 1.54) is 41.6 Å². The summed E-state index contributed by atoms with van der Waals surface area (Å²) >= 11 is 0. The molecule has 2 heterocycles. The highest BCUT2D eigenvalue weighted by Crippen LogP contribution is 2.33. The van der Waals surface area contributed by atoms with E-state index in [0.717, 1.165) is 18.7 Å². The number of nitrogens with zero attached hydrogens (tertiary/aromatic N) is 3. The predicted octanol–water partition coefficient (Wildman–Crippen LogP) is 5.78. The van der Waals surface area contributed by atoms with E-state index in [4.69, 9.17) is 0 Å². The molecule has 1 aliphatic rings. The van der Waals surface area contributed by atoms with Crippen molar-refractivity contribution in [3.05, 3.63) is 95.3 Å². The van der Waals surface area contributed by atoms with Crippen molar-refractivity contribution < 1.29 is 5.21 Å². The molecule has 1 N–H and O–H groups in total. The van der Waals surface area contributed by atoms with Crippen LogP contribution in [0.3, 0.4) is 0 Å². The summed E-state index contributed by atoms with van der Waals surface area (Å²) in [6.07, 6.45) is 7.97. The molecule has 1 fully saturated rings. The van der Waals surface area contributed by atoms with Gasteiger partial charge in [-0.1, -0.05) is 41.6 Å². The maximum atomic E-state index is 9.77. The lowest BCUT2D eigenvalue weighted by Gasteiger charge is -2.29. The highest BCUT2D eigenvalue weighted by atomic mass is 16.4. The Bertz CT molecular complexity index is 977. The Morgan fingerprint density at radius 2 is 1.67 bits per heavy atom. The summed E-state index contributed by atoms with van der Waals surface area (Å²) in [5.74, 6) is 0.112. The van der Waals surface area contributed by atoms with Crippen LogP contribution in [-0.4, -0.2) is 29.0 Å². The first kappa shape index (κ1) is 20.1. The van der Waals surface area contributed by atoms with Gasteiger partial charge in [0.2, 0.25) is 0 Å². The summed E-state index contributed by atoms with van der Waals surface area (Å²) in [4.78, 5) is 6.56. The monoisotopic (exact) mass is 399 g/mol. The van der Waals surface area contributed by atoms with Crippen LogP contribution < -0.4 is 4.90 Å². The van der Waals surface area contributed by atoms with E-state index >= 15 is 0 Å². The molecule has 4 heteroatoms. The quantitative estimate of drug-likeness (QED) is 0.325. The number of pyridine rings is 1. The second-order valence-electron chi connectivity index (χ2n) is 8.04. The highest BCUT2D eigenvalue weighted by Gasteiger charge is 2.21. The molecule has 4 nitrogen and oxygen atoms in total. The van der Waals surface area contributed by atoms with Crippen LogP contribution in [0, 0.1) is 6.92 Å². The summed E-state index contributed by atoms with van der Waals surface area (Å²) < 4.78 is 0. The van der Waals surface area contributed by atoms with Crippen molar-refractivity contribution in [1.82, 2.24) is 4.98 Å². The SMILES string of the molecule is Cc1ccccc1C(CC(=NO)c1ccncc1)c1ccc(N2CCCCC2)cc1. The van der Waals surface area contributed by atoms with E-state index in [9.17, 15) is 5.21 Å². The van der Waals surface area contributed by atoms with Gasteiger partial charge in [0.1, 0.15) is 0 Å². The molecule has 1 atom stereocenters. The van der Waals surface area contributed by atoms with Crippen LogP contribution in [0.2, 0.25) is 0 Å². The van der Waals surface area contributed by atoms with Gasteiger partial charge < -0.3 is 10.1 Å². The first-order valence-electron chi connectivity index (χ1n) is 10.8. The Morgan fingerprint density at radius 1 is 0.967 bits per heavy atom. The molecule has 154 valence electrons. The van der Waals surface area contributed by atoms with Gasteiger partial charge in [-0.25, -0.2) is 0 Å². The van der Waals surface area contributed by atoms with Crippen LogP contribution >= 0.6 is 0 Å². The van der Waals surface area contributed by atoms with E-state index in [1.54, 1.807) is 12.4 Å². The molecule has 4 rings (SSSR count). The summed E-state index contributed by atoms with van der Waals surface area (Å²) in [6.45, 7) is 4.43. The van der Waals surface area contributed by atoms with Gasteiger partial charge >= 0.3 is 0 Å². The summed E-state index contributed by atoms with van der Waals surface area (Å²) in [5, 5.41) is 13.4. The third kappa shape index (κ3) is 4.54. The molecule has 2 aromatic carbocycles. The molecule has 1 unspecified atom stereocenters. The van der Waals surface area contributed by atoms with E-state index in [0.29, 0.717) is 12.1 Å². The number of aromatic nitrogens is 1. The van der Waals surface area contributed by atoms with Crippen molar-refractivity contribution in [3.63, 3.8) is 0 Å². The minimum Gasteiger partial charge on any atom is -0.411 e. The maximum Gasteiger partial charge on any atom is 0.0878 e. The first-order chi connectivity index (χ1) is 14.8. The molecular weight excluding hydrogens is 370 g/mol. The number of hydrogen-bond acceptors (Lipinski definition) is 4. The minimum absolute atomic E-state index is 0.112. The largest absolute Gasteiger partial charge is 0.411 e. The first-order valence-corrected chi connectivity index (χ1v) is 10.8. The molecule has 0 saturated carbocycles. The van der Waals surface area contributed by atoms with Crippen molar-refractivity contribution in [2.24, 2.45) is 5.16 Å². The van der Waals surface area contributed by atoms with Gasteiger partial charge in [0.05, 0.1) is 5.71 Å². The van der Waals surface area contributed by atoms with Crippen molar-refractivity contribution in [3.8, 4) is 0 Å². The molecular formula is C26H29N3O. The van der Waals surface area contributed by atoms with Gasteiger partial charge in [-0.15, -0.1) is 0 Å². The number of anilines is 1. The zero-order valence-electron chi connectivity index (χ0n) is 17.5. The number of aryl methyl sites for hydroxylation is 1. The van der Waals surface area contributed by atoms with E-state index in [2.05, 4.69) is 70.5 Å². The number of benzene rings is 2. The van der Waals surface area contributed by atoms with Gasteiger partial charge in [0.15, 0.2) is 0 Å². The van der Waals surface area contributed by atoms with Crippen molar-refractivity contribution >= 4 is 11.4 Å². The Morgan fingerprint density at radius 3 is 2.33 bits per heavy atom. The smallest absolute Gasteiger partial charge is 0.0878 e. The molecule has 1 saturated heterocycles. The fourth-order valence-electron chi connectivity index (χ4n) is 4.41. The Balaban J connectivity index is 1.66. The number of oxime groups is 1. The summed E-state index contributed by atoms with van der Waals surface area (Å²) in [5.41, 5.74) is 6.61. The lowest BCUT2D eigenvalue weighted by atomic mass is 9.83. The Kier molecular flexibility index (Phi) is 6.43. The van der Waals surface area contributed by atoms with Crippen LogP contribution in [0.1, 0.15) is 53.9 Å². The van der Waals surface area contributed by atoms with Crippen molar-refractivity contribution in [1.29, 1.82) is 0 Å².